The Bertz CT molecular complexity index is 1530. The number of carbonyl (C=O) groups is 3. The molecule has 4 aromatic carbocycles. The lowest BCUT2D eigenvalue weighted by molar-refractivity contribution is -0.141. The van der Waals surface area contributed by atoms with Crippen molar-refractivity contribution in [2.75, 3.05) is 18.0 Å². The van der Waals surface area contributed by atoms with E-state index in [9.17, 15) is 14.4 Å². The summed E-state index contributed by atoms with van der Waals surface area (Å²) in [5.74, 6) is -0.340. The zero-order chi connectivity index (χ0) is 28.8. The molecule has 0 aromatic heterocycles. The molecular formula is C34H34ClN3O3. The number of anilines is 1. The zero-order valence-electron chi connectivity index (χ0n) is 23.2. The van der Waals surface area contributed by atoms with Crippen LogP contribution in [0.1, 0.15) is 47.7 Å². The van der Waals surface area contributed by atoms with Crippen LogP contribution in [0.15, 0.2) is 91.0 Å². The first-order valence-corrected chi connectivity index (χ1v) is 14.5. The standard InChI is InChI=1S/C34H34ClN3O3/c1-2-20-36-33(40)30(22-24-9-4-3-5-10-24)38(23-25-16-18-27(35)19-17-25)31(39)15-8-21-37-29-14-7-12-26-11-6-13-28(32(26)29)34(37)41/h3-7,9-14,16-19,30H,2,8,15,20-23H2,1H3,(H,36,40)/t30-/m1/s1. The van der Waals surface area contributed by atoms with Crippen LogP contribution in [-0.2, 0) is 22.6 Å². The molecule has 0 saturated heterocycles. The molecule has 0 bridgehead atoms. The van der Waals surface area contributed by atoms with Gasteiger partial charge in [-0.25, -0.2) is 0 Å². The first kappa shape index (κ1) is 28.4. The van der Waals surface area contributed by atoms with Crippen LogP contribution in [0.3, 0.4) is 0 Å². The minimum Gasteiger partial charge on any atom is -0.354 e. The Morgan fingerprint density at radius 2 is 1.63 bits per heavy atom. The van der Waals surface area contributed by atoms with Gasteiger partial charge in [0.25, 0.3) is 5.91 Å². The van der Waals surface area contributed by atoms with E-state index in [4.69, 9.17) is 11.6 Å². The topological polar surface area (TPSA) is 69.7 Å². The Balaban J connectivity index is 1.36. The van der Waals surface area contributed by atoms with Gasteiger partial charge in [-0.3, -0.25) is 14.4 Å². The minimum absolute atomic E-state index is 0.0387. The first-order chi connectivity index (χ1) is 20.0. The lowest BCUT2D eigenvalue weighted by Gasteiger charge is -2.32. The summed E-state index contributed by atoms with van der Waals surface area (Å²) in [6.07, 6.45) is 1.88. The lowest BCUT2D eigenvalue weighted by Crippen LogP contribution is -2.50. The number of nitrogens with one attached hydrogen (secondary N) is 1. The maximum Gasteiger partial charge on any atom is 0.258 e. The van der Waals surface area contributed by atoms with Crippen LogP contribution in [-0.4, -0.2) is 41.8 Å². The van der Waals surface area contributed by atoms with Gasteiger partial charge < -0.3 is 15.1 Å². The predicted octanol–water partition coefficient (Wildman–Crippen LogP) is 6.40. The van der Waals surface area contributed by atoms with Crippen molar-refractivity contribution in [1.82, 2.24) is 10.2 Å². The summed E-state index contributed by atoms with van der Waals surface area (Å²) < 4.78 is 0. The Morgan fingerprint density at radius 3 is 2.37 bits per heavy atom. The van der Waals surface area contributed by atoms with Crippen LogP contribution >= 0.6 is 11.6 Å². The number of halogens is 1. The average molecular weight is 568 g/mol. The van der Waals surface area contributed by atoms with Crippen molar-refractivity contribution in [3.8, 4) is 0 Å². The molecule has 210 valence electrons. The molecule has 0 aliphatic carbocycles. The molecule has 0 radical (unpaired) electrons. The maximum atomic E-state index is 13.9. The third kappa shape index (κ3) is 6.44. The van der Waals surface area contributed by atoms with E-state index < -0.39 is 6.04 Å². The van der Waals surface area contributed by atoms with E-state index in [1.54, 1.807) is 21.9 Å². The van der Waals surface area contributed by atoms with Gasteiger partial charge in [-0.1, -0.05) is 85.3 Å². The number of nitrogens with zero attached hydrogens (tertiary/aromatic N) is 2. The molecule has 41 heavy (non-hydrogen) atoms. The Kier molecular flexibility index (Phi) is 9.00. The molecule has 1 N–H and O–H groups in total. The van der Waals surface area contributed by atoms with Gasteiger partial charge in [-0.05, 0) is 53.6 Å². The number of amides is 3. The van der Waals surface area contributed by atoms with E-state index in [0.29, 0.717) is 36.5 Å². The second-order valence-corrected chi connectivity index (χ2v) is 10.8. The SMILES string of the molecule is CCCNC(=O)[C@@H](Cc1ccccc1)N(Cc1ccc(Cl)cc1)C(=O)CCCN1C(=O)c2cccc3cccc1c23. The molecule has 1 aliphatic heterocycles. The summed E-state index contributed by atoms with van der Waals surface area (Å²) in [4.78, 5) is 44.1. The van der Waals surface area contributed by atoms with Gasteiger partial charge in [0.2, 0.25) is 11.8 Å². The molecule has 0 fully saturated rings. The molecule has 1 atom stereocenters. The van der Waals surface area contributed by atoms with Crippen molar-refractivity contribution in [3.63, 3.8) is 0 Å². The highest BCUT2D eigenvalue weighted by atomic mass is 35.5. The van der Waals surface area contributed by atoms with Crippen LogP contribution in [0.5, 0.6) is 0 Å². The van der Waals surface area contributed by atoms with Crippen LogP contribution in [0, 0.1) is 0 Å². The molecular weight excluding hydrogens is 534 g/mol. The molecule has 4 aromatic rings. The number of rotatable bonds is 12. The quantitative estimate of drug-likeness (QED) is 0.215. The fourth-order valence-electron chi connectivity index (χ4n) is 5.44. The third-order valence-electron chi connectivity index (χ3n) is 7.51. The summed E-state index contributed by atoms with van der Waals surface area (Å²) in [6.45, 7) is 3.23. The van der Waals surface area contributed by atoms with Crippen molar-refractivity contribution < 1.29 is 14.4 Å². The Labute approximate surface area is 245 Å². The van der Waals surface area contributed by atoms with E-state index >= 15 is 0 Å². The van der Waals surface area contributed by atoms with E-state index in [-0.39, 0.29) is 30.7 Å². The van der Waals surface area contributed by atoms with Gasteiger partial charge >= 0.3 is 0 Å². The van der Waals surface area contributed by atoms with Crippen molar-refractivity contribution in [2.24, 2.45) is 0 Å². The molecule has 3 amide bonds. The van der Waals surface area contributed by atoms with Gasteiger partial charge in [0.1, 0.15) is 6.04 Å². The third-order valence-corrected chi connectivity index (χ3v) is 7.76. The minimum atomic E-state index is -0.682. The van der Waals surface area contributed by atoms with Crippen LogP contribution < -0.4 is 10.2 Å². The highest BCUT2D eigenvalue weighted by molar-refractivity contribution is 6.30. The van der Waals surface area contributed by atoms with Crippen molar-refractivity contribution in [1.29, 1.82) is 0 Å². The second kappa shape index (κ2) is 13.0. The smallest absolute Gasteiger partial charge is 0.258 e. The summed E-state index contributed by atoms with van der Waals surface area (Å²) in [7, 11) is 0. The van der Waals surface area contributed by atoms with E-state index in [1.165, 1.54) is 0 Å². The number of hydrogen-bond acceptors (Lipinski definition) is 3. The number of hydrogen-bond donors (Lipinski definition) is 1. The van der Waals surface area contributed by atoms with Crippen molar-refractivity contribution in [2.45, 2.75) is 45.2 Å². The normalized spacial score (nSPS) is 12.9. The highest BCUT2D eigenvalue weighted by Crippen LogP contribution is 2.37. The largest absolute Gasteiger partial charge is 0.354 e. The zero-order valence-corrected chi connectivity index (χ0v) is 23.9. The lowest BCUT2D eigenvalue weighted by atomic mass is 10.0. The average Bonchev–Trinajstić information content (AvgIpc) is 3.27. The van der Waals surface area contributed by atoms with Crippen molar-refractivity contribution >= 4 is 45.8 Å². The van der Waals surface area contributed by atoms with E-state index in [2.05, 4.69) is 5.32 Å². The summed E-state index contributed by atoms with van der Waals surface area (Å²) >= 11 is 6.12. The monoisotopic (exact) mass is 567 g/mol. The Hall–Kier alpha value is -4.16. The Morgan fingerprint density at radius 1 is 0.902 bits per heavy atom. The van der Waals surface area contributed by atoms with Crippen LogP contribution in [0.4, 0.5) is 5.69 Å². The van der Waals surface area contributed by atoms with Gasteiger partial charge in [0, 0.05) is 48.4 Å². The van der Waals surface area contributed by atoms with Gasteiger partial charge in [0.05, 0.1) is 5.69 Å². The molecule has 1 aliphatic rings. The fourth-order valence-corrected chi connectivity index (χ4v) is 5.57. The van der Waals surface area contributed by atoms with Crippen LogP contribution in [0.25, 0.3) is 10.8 Å². The van der Waals surface area contributed by atoms with Crippen LogP contribution in [0.2, 0.25) is 5.02 Å². The fraction of sp³-hybridized carbons (Fsp3) is 0.265. The predicted molar refractivity (Wildman–Crippen MR) is 164 cm³/mol. The van der Waals surface area contributed by atoms with Gasteiger partial charge in [0.15, 0.2) is 0 Å². The summed E-state index contributed by atoms with van der Waals surface area (Å²) in [5.41, 5.74) is 3.45. The van der Waals surface area contributed by atoms with Gasteiger partial charge in [-0.15, -0.1) is 0 Å². The van der Waals surface area contributed by atoms with Gasteiger partial charge in [-0.2, -0.15) is 0 Å². The molecule has 5 rings (SSSR count). The molecule has 0 spiro atoms. The maximum absolute atomic E-state index is 13.9. The summed E-state index contributed by atoms with van der Waals surface area (Å²) in [6, 6.07) is 28.1. The molecule has 1 heterocycles. The number of benzene rings is 4. The highest BCUT2D eigenvalue weighted by Gasteiger charge is 2.32. The summed E-state index contributed by atoms with van der Waals surface area (Å²) in [5, 5.41) is 5.61. The molecule has 0 unspecified atom stereocenters. The first-order valence-electron chi connectivity index (χ1n) is 14.2. The van der Waals surface area contributed by atoms with Crippen molar-refractivity contribution in [3.05, 3.63) is 113 Å². The molecule has 7 heteroatoms. The van der Waals surface area contributed by atoms with E-state index in [0.717, 1.165) is 34.0 Å². The molecule has 6 nitrogen and oxygen atoms in total. The van der Waals surface area contributed by atoms with E-state index in [1.807, 2.05) is 85.8 Å². The number of carbonyl (C=O) groups excluding carboxylic acids is 3. The second-order valence-electron chi connectivity index (χ2n) is 10.4. The molecule has 0 saturated carbocycles.